The highest BCUT2D eigenvalue weighted by atomic mass is 35.5. The van der Waals surface area contributed by atoms with E-state index in [0.29, 0.717) is 12.5 Å². The van der Waals surface area contributed by atoms with E-state index in [1.165, 1.54) is 5.56 Å². The van der Waals surface area contributed by atoms with Crippen LogP contribution in [0.25, 0.3) is 0 Å². The first-order chi connectivity index (χ1) is 9.76. The van der Waals surface area contributed by atoms with Crippen molar-refractivity contribution in [3.05, 3.63) is 53.3 Å². The summed E-state index contributed by atoms with van der Waals surface area (Å²) in [6.45, 7) is 2.44. The predicted octanol–water partition coefficient (Wildman–Crippen LogP) is 3.51. The number of para-hydroxylation sites is 1. The highest BCUT2D eigenvalue weighted by molar-refractivity contribution is 6.17. The summed E-state index contributed by atoms with van der Waals surface area (Å²) in [6, 6.07) is 11.9. The summed E-state index contributed by atoms with van der Waals surface area (Å²) in [5.74, 6) is 2.05. The minimum Gasteiger partial charge on any atom is -0.488 e. The average molecular weight is 290 g/mol. The van der Waals surface area contributed by atoms with Crippen LogP contribution in [0.4, 0.5) is 0 Å². The standard InChI is InChI=1S/C16H16ClNO2/c1-11-6-7-16(14(9-17)18-11)19-10-13-8-12-4-2-3-5-15(12)20-13/h2-7,13H,8-10H2,1H3. The van der Waals surface area contributed by atoms with Crippen LogP contribution in [0.2, 0.25) is 0 Å². The molecule has 0 N–H and O–H groups in total. The Morgan fingerprint density at radius 1 is 1.30 bits per heavy atom. The molecule has 2 heterocycles. The molecule has 0 spiro atoms. The van der Waals surface area contributed by atoms with Crippen LogP contribution in [-0.2, 0) is 12.3 Å². The van der Waals surface area contributed by atoms with Crippen molar-refractivity contribution in [1.29, 1.82) is 0 Å². The molecule has 2 aromatic rings. The number of nitrogens with zero attached hydrogens (tertiary/aromatic N) is 1. The number of rotatable bonds is 4. The van der Waals surface area contributed by atoms with Crippen molar-refractivity contribution in [3.63, 3.8) is 0 Å². The van der Waals surface area contributed by atoms with Crippen LogP contribution in [0.1, 0.15) is 17.0 Å². The van der Waals surface area contributed by atoms with E-state index in [-0.39, 0.29) is 6.10 Å². The zero-order chi connectivity index (χ0) is 13.9. The number of fused-ring (bicyclic) bond motifs is 1. The molecule has 4 heteroatoms. The Kier molecular flexibility index (Phi) is 3.79. The smallest absolute Gasteiger partial charge is 0.142 e. The Hall–Kier alpha value is -1.74. The molecule has 1 unspecified atom stereocenters. The Bertz CT molecular complexity index is 590. The van der Waals surface area contributed by atoms with E-state index >= 15 is 0 Å². The lowest BCUT2D eigenvalue weighted by atomic mass is 10.1. The van der Waals surface area contributed by atoms with Crippen molar-refractivity contribution in [2.24, 2.45) is 0 Å². The topological polar surface area (TPSA) is 31.4 Å². The van der Waals surface area contributed by atoms with Crippen LogP contribution in [0.5, 0.6) is 11.5 Å². The summed E-state index contributed by atoms with van der Waals surface area (Å²) in [5, 5.41) is 0. The second kappa shape index (κ2) is 5.71. The van der Waals surface area contributed by atoms with Gasteiger partial charge in [0.2, 0.25) is 0 Å². The molecule has 1 aromatic heterocycles. The number of hydrogen-bond donors (Lipinski definition) is 0. The highest BCUT2D eigenvalue weighted by Crippen LogP contribution is 2.29. The SMILES string of the molecule is Cc1ccc(OCC2Cc3ccccc3O2)c(CCl)n1. The van der Waals surface area contributed by atoms with Crippen LogP contribution in [0.3, 0.4) is 0 Å². The first-order valence-corrected chi connectivity index (χ1v) is 7.19. The first kappa shape index (κ1) is 13.3. The third-order valence-corrected chi connectivity index (χ3v) is 3.59. The molecule has 0 fully saturated rings. The molecule has 3 rings (SSSR count). The van der Waals surface area contributed by atoms with Crippen LogP contribution in [0, 0.1) is 6.92 Å². The normalized spacial score (nSPS) is 16.6. The molecular weight excluding hydrogens is 274 g/mol. The van der Waals surface area contributed by atoms with E-state index in [9.17, 15) is 0 Å². The van der Waals surface area contributed by atoms with E-state index in [2.05, 4.69) is 11.1 Å². The predicted molar refractivity (Wildman–Crippen MR) is 78.6 cm³/mol. The summed E-state index contributed by atoms with van der Waals surface area (Å²) in [4.78, 5) is 4.38. The van der Waals surface area contributed by atoms with Gasteiger partial charge in [-0.2, -0.15) is 0 Å². The van der Waals surface area contributed by atoms with Crippen molar-refractivity contribution in [1.82, 2.24) is 4.98 Å². The van der Waals surface area contributed by atoms with Gasteiger partial charge in [0.25, 0.3) is 0 Å². The third-order valence-electron chi connectivity index (χ3n) is 3.34. The molecule has 0 amide bonds. The van der Waals surface area contributed by atoms with Crippen molar-refractivity contribution >= 4 is 11.6 Å². The molecule has 0 bridgehead atoms. The fourth-order valence-corrected chi connectivity index (χ4v) is 2.55. The minimum atomic E-state index is 0.0527. The number of aromatic nitrogens is 1. The zero-order valence-electron chi connectivity index (χ0n) is 11.3. The molecular formula is C16H16ClNO2. The highest BCUT2D eigenvalue weighted by Gasteiger charge is 2.23. The summed E-state index contributed by atoms with van der Waals surface area (Å²) in [5.41, 5.74) is 2.96. The summed E-state index contributed by atoms with van der Waals surface area (Å²) >= 11 is 5.90. The zero-order valence-corrected chi connectivity index (χ0v) is 12.1. The van der Waals surface area contributed by atoms with Crippen molar-refractivity contribution in [2.75, 3.05) is 6.61 Å². The maximum absolute atomic E-state index is 5.90. The van der Waals surface area contributed by atoms with Crippen molar-refractivity contribution in [3.8, 4) is 11.5 Å². The quantitative estimate of drug-likeness (QED) is 0.807. The summed E-state index contributed by atoms with van der Waals surface area (Å²) in [7, 11) is 0. The molecule has 1 aliphatic rings. The lowest BCUT2D eigenvalue weighted by Crippen LogP contribution is -2.22. The maximum Gasteiger partial charge on any atom is 0.142 e. The van der Waals surface area contributed by atoms with Gasteiger partial charge in [0.05, 0.1) is 11.6 Å². The molecule has 1 atom stereocenters. The summed E-state index contributed by atoms with van der Waals surface area (Å²) < 4.78 is 11.7. The molecule has 0 saturated carbocycles. The van der Waals surface area contributed by atoms with Gasteiger partial charge in [-0.05, 0) is 30.7 Å². The number of ether oxygens (including phenoxy) is 2. The third kappa shape index (κ3) is 2.73. The lowest BCUT2D eigenvalue weighted by molar-refractivity contribution is 0.147. The van der Waals surface area contributed by atoms with Gasteiger partial charge < -0.3 is 9.47 Å². The molecule has 0 radical (unpaired) electrons. The first-order valence-electron chi connectivity index (χ1n) is 6.66. The van der Waals surface area contributed by atoms with E-state index in [0.717, 1.165) is 29.3 Å². The fourth-order valence-electron chi connectivity index (χ4n) is 2.35. The second-order valence-electron chi connectivity index (χ2n) is 4.89. The molecule has 1 aliphatic heterocycles. The fraction of sp³-hybridized carbons (Fsp3) is 0.312. The van der Waals surface area contributed by atoms with Crippen molar-refractivity contribution in [2.45, 2.75) is 25.3 Å². The van der Waals surface area contributed by atoms with Gasteiger partial charge in [-0.25, -0.2) is 0 Å². The Balaban J connectivity index is 1.64. The number of aryl methyl sites for hydroxylation is 1. The van der Waals surface area contributed by atoms with Crippen LogP contribution < -0.4 is 9.47 Å². The molecule has 3 nitrogen and oxygen atoms in total. The van der Waals surface area contributed by atoms with Gasteiger partial charge in [0.15, 0.2) is 0 Å². The van der Waals surface area contributed by atoms with Gasteiger partial charge in [-0.15, -0.1) is 11.6 Å². The van der Waals surface area contributed by atoms with Crippen LogP contribution in [-0.4, -0.2) is 17.7 Å². The lowest BCUT2D eigenvalue weighted by Gasteiger charge is -2.14. The molecule has 104 valence electrons. The monoisotopic (exact) mass is 289 g/mol. The number of alkyl halides is 1. The van der Waals surface area contributed by atoms with E-state index in [1.807, 2.05) is 37.3 Å². The van der Waals surface area contributed by atoms with Gasteiger partial charge in [-0.3, -0.25) is 4.98 Å². The second-order valence-corrected chi connectivity index (χ2v) is 5.16. The van der Waals surface area contributed by atoms with Crippen LogP contribution in [0.15, 0.2) is 36.4 Å². The van der Waals surface area contributed by atoms with Gasteiger partial charge in [-0.1, -0.05) is 18.2 Å². The molecule has 20 heavy (non-hydrogen) atoms. The maximum atomic E-state index is 5.90. The Labute approximate surface area is 123 Å². The molecule has 1 aromatic carbocycles. The number of hydrogen-bond acceptors (Lipinski definition) is 3. The Morgan fingerprint density at radius 2 is 2.15 bits per heavy atom. The van der Waals surface area contributed by atoms with Gasteiger partial charge in [0, 0.05) is 12.1 Å². The number of pyridine rings is 1. The van der Waals surface area contributed by atoms with Crippen LogP contribution >= 0.6 is 11.6 Å². The average Bonchev–Trinajstić information content (AvgIpc) is 2.88. The van der Waals surface area contributed by atoms with Gasteiger partial charge in [0.1, 0.15) is 24.2 Å². The summed E-state index contributed by atoms with van der Waals surface area (Å²) in [6.07, 6.45) is 0.933. The largest absolute Gasteiger partial charge is 0.488 e. The van der Waals surface area contributed by atoms with E-state index < -0.39 is 0 Å². The minimum absolute atomic E-state index is 0.0527. The van der Waals surface area contributed by atoms with E-state index in [1.54, 1.807) is 0 Å². The molecule has 0 aliphatic carbocycles. The van der Waals surface area contributed by atoms with Gasteiger partial charge >= 0.3 is 0 Å². The molecule has 0 saturated heterocycles. The van der Waals surface area contributed by atoms with Crippen molar-refractivity contribution < 1.29 is 9.47 Å². The Morgan fingerprint density at radius 3 is 2.95 bits per heavy atom. The van der Waals surface area contributed by atoms with E-state index in [4.69, 9.17) is 21.1 Å². The number of halogens is 1. The number of benzene rings is 1.